The number of hydrogen-bond donors (Lipinski definition) is 1. The molecular weight excluding hydrogens is 369 g/mol. The quantitative estimate of drug-likeness (QED) is 0.660. The van der Waals surface area contributed by atoms with Crippen molar-refractivity contribution in [2.45, 2.75) is 32.7 Å². The van der Waals surface area contributed by atoms with Gasteiger partial charge in [0.15, 0.2) is 11.6 Å². The standard InChI is InChI=1S/C12H10FN3O.C10H14N2.H2/c1-8-2-3-10(16-7-17)4-11(8)12-14-5-9(13)6-15-12;1-9-5-4-8-12(9)10-6-2-3-7-11-10;/h2-7H,1H3,(H,16,17);2-3,6-7,9H,4-5,8H2,1H3;1H/t;9-;/m.1./s1. The van der Waals surface area contributed by atoms with Crippen LogP contribution in [-0.2, 0) is 4.79 Å². The summed E-state index contributed by atoms with van der Waals surface area (Å²) in [6, 6.07) is 12.1. The molecule has 4 rings (SSSR count). The van der Waals surface area contributed by atoms with Gasteiger partial charge in [-0.15, -0.1) is 0 Å². The minimum Gasteiger partial charge on any atom is -0.354 e. The molecule has 0 unspecified atom stereocenters. The van der Waals surface area contributed by atoms with Crippen LogP contribution in [0.4, 0.5) is 15.9 Å². The minimum absolute atomic E-state index is 0. The van der Waals surface area contributed by atoms with Gasteiger partial charge in [0.05, 0.1) is 12.4 Å². The van der Waals surface area contributed by atoms with Gasteiger partial charge < -0.3 is 10.2 Å². The SMILES string of the molecule is C[C@@H]1CCCN1c1ccccn1.Cc1ccc(NC=O)cc1-c1ncc(F)cn1.[HH]. The third kappa shape index (κ3) is 5.34. The Balaban J connectivity index is 0.000000218. The van der Waals surface area contributed by atoms with Gasteiger partial charge in [-0.25, -0.2) is 19.3 Å². The number of aryl methyl sites for hydroxylation is 1. The third-order valence-electron chi connectivity index (χ3n) is 4.82. The van der Waals surface area contributed by atoms with E-state index >= 15 is 0 Å². The van der Waals surface area contributed by atoms with Crippen LogP contribution in [0, 0.1) is 12.7 Å². The Labute approximate surface area is 171 Å². The van der Waals surface area contributed by atoms with Crippen LogP contribution in [0.3, 0.4) is 0 Å². The average Bonchev–Trinajstić information content (AvgIpc) is 3.17. The van der Waals surface area contributed by atoms with Gasteiger partial charge in [0.2, 0.25) is 6.41 Å². The first-order chi connectivity index (χ1) is 14.1. The second-order valence-corrected chi connectivity index (χ2v) is 6.89. The van der Waals surface area contributed by atoms with Gasteiger partial charge in [0.1, 0.15) is 5.82 Å². The first-order valence-electron chi connectivity index (χ1n) is 9.55. The van der Waals surface area contributed by atoms with Crippen LogP contribution in [0.2, 0.25) is 0 Å². The normalized spacial score (nSPS) is 15.4. The fraction of sp³-hybridized carbons (Fsp3) is 0.273. The van der Waals surface area contributed by atoms with Crippen molar-refractivity contribution in [1.82, 2.24) is 15.0 Å². The highest BCUT2D eigenvalue weighted by Gasteiger charge is 2.20. The van der Waals surface area contributed by atoms with Crippen molar-refractivity contribution in [2.75, 3.05) is 16.8 Å². The van der Waals surface area contributed by atoms with Crippen molar-refractivity contribution >= 4 is 17.9 Å². The molecule has 1 aromatic carbocycles. The molecule has 1 saturated heterocycles. The monoisotopic (exact) mass is 395 g/mol. The van der Waals surface area contributed by atoms with Crippen molar-refractivity contribution in [3.05, 3.63) is 66.4 Å². The molecule has 0 bridgehead atoms. The van der Waals surface area contributed by atoms with Gasteiger partial charge in [0.25, 0.3) is 0 Å². The first kappa shape index (κ1) is 20.4. The summed E-state index contributed by atoms with van der Waals surface area (Å²) in [5.74, 6) is 1.08. The predicted molar refractivity (Wildman–Crippen MR) is 114 cm³/mol. The number of rotatable bonds is 4. The van der Waals surface area contributed by atoms with E-state index in [2.05, 4.69) is 38.2 Å². The largest absolute Gasteiger partial charge is 0.354 e. The lowest BCUT2D eigenvalue weighted by molar-refractivity contribution is -0.105. The average molecular weight is 395 g/mol. The number of hydrogen-bond acceptors (Lipinski definition) is 5. The Morgan fingerprint density at radius 2 is 2.00 bits per heavy atom. The van der Waals surface area contributed by atoms with Crippen LogP contribution in [0.15, 0.2) is 55.0 Å². The maximum atomic E-state index is 12.7. The minimum atomic E-state index is -0.478. The molecule has 1 amide bonds. The van der Waals surface area contributed by atoms with E-state index in [0.29, 0.717) is 24.0 Å². The number of nitrogens with one attached hydrogen (secondary N) is 1. The Morgan fingerprint density at radius 1 is 1.21 bits per heavy atom. The Hall–Kier alpha value is -3.35. The maximum absolute atomic E-state index is 12.7. The maximum Gasteiger partial charge on any atom is 0.211 e. The van der Waals surface area contributed by atoms with Crippen LogP contribution >= 0.6 is 0 Å². The van der Waals surface area contributed by atoms with E-state index in [1.165, 1.54) is 12.8 Å². The zero-order chi connectivity index (χ0) is 20.6. The number of carbonyl (C=O) groups excluding carboxylic acids is 1. The first-order valence-corrected chi connectivity index (χ1v) is 9.55. The topological polar surface area (TPSA) is 71.0 Å². The van der Waals surface area contributed by atoms with Gasteiger partial charge in [-0.3, -0.25) is 4.79 Å². The highest BCUT2D eigenvalue weighted by Crippen LogP contribution is 2.23. The molecule has 3 aromatic rings. The molecule has 0 aliphatic carbocycles. The third-order valence-corrected chi connectivity index (χ3v) is 4.82. The van der Waals surface area contributed by atoms with E-state index in [4.69, 9.17) is 0 Å². The zero-order valence-electron chi connectivity index (χ0n) is 16.5. The number of halogens is 1. The summed E-state index contributed by atoms with van der Waals surface area (Å²) in [7, 11) is 0. The molecule has 7 heteroatoms. The number of nitrogens with zero attached hydrogens (tertiary/aromatic N) is 4. The summed E-state index contributed by atoms with van der Waals surface area (Å²) < 4.78 is 12.7. The molecule has 0 radical (unpaired) electrons. The molecule has 1 atom stereocenters. The lowest BCUT2D eigenvalue weighted by Crippen LogP contribution is -2.26. The molecule has 29 heavy (non-hydrogen) atoms. The van der Waals surface area contributed by atoms with Gasteiger partial charge in [0, 0.05) is 31.5 Å². The zero-order valence-corrected chi connectivity index (χ0v) is 16.5. The fourth-order valence-corrected chi connectivity index (χ4v) is 3.27. The summed E-state index contributed by atoms with van der Waals surface area (Å²) in [5, 5.41) is 2.55. The van der Waals surface area contributed by atoms with Gasteiger partial charge in [-0.2, -0.15) is 0 Å². The predicted octanol–water partition coefficient (Wildman–Crippen LogP) is 4.48. The molecule has 0 spiro atoms. The lowest BCUT2D eigenvalue weighted by atomic mass is 10.1. The summed E-state index contributed by atoms with van der Waals surface area (Å²) in [4.78, 5) is 24.9. The second-order valence-electron chi connectivity index (χ2n) is 6.89. The smallest absolute Gasteiger partial charge is 0.211 e. The van der Waals surface area contributed by atoms with E-state index < -0.39 is 5.82 Å². The van der Waals surface area contributed by atoms with Crippen molar-refractivity contribution in [2.24, 2.45) is 0 Å². The number of pyridine rings is 1. The van der Waals surface area contributed by atoms with Crippen molar-refractivity contribution in [3.63, 3.8) is 0 Å². The second kappa shape index (κ2) is 9.73. The molecular formula is C22H26FN5O. The number of anilines is 2. The summed E-state index contributed by atoms with van der Waals surface area (Å²) in [5.41, 5.74) is 2.36. The van der Waals surface area contributed by atoms with E-state index in [9.17, 15) is 9.18 Å². The van der Waals surface area contributed by atoms with E-state index in [-0.39, 0.29) is 1.43 Å². The van der Waals surface area contributed by atoms with E-state index in [1.807, 2.05) is 31.3 Å². The molecule has 1 aliphatic rings. The number of carbonyl (C=O) groups is 1. The molecule has 2 aromatic heterocycles. The van der Waals surface area contributed by atoms with E-state index in [0.717, 1.165) is 35.9 Å². The summed E-state index contributed by atoms with van der Waals surface area (Å²) in [6.07, 6.45) is 7.29. The molecule has 3 heterocycles. The number of benzene rings is 1. The van der Waals surface area contributed by atoms with E-state index in [1.54, 1.807) is 12.1 Å². The summed E-state index contributed by atoms with van der Waals surface area (Å²) >= 11 is 0. The molecule has 1 N–H and O–H groups in total. The fourth-order valence-electron chi connectivity index (χ4n) is 3.27. The van der Waals surface area contributed by atoms with Gasteiger partial charge >= 0.3 is 0 Å². The van der Waals surface area contributed by atoms with Gasteiger partial charge in [-0.1, -0.05) is 12.1 Å². The van der Waals surface area contributed by atoms with Crippen molar-refractivity contribution < 1.29 is 10.6 Å². The van der Waals surface area contributed by atoms with Crippen LogP contribution in [-0.4, -0.2) is 33.9 Å². The number of amides is 1. The molecule has 1 aliphatic heterocycles. The molecule has 6 nitrogen and oxygen atoms in total. The lowest BCUT2D eigenvalue weighted by Gasteiger charge is -2.21. The molecule has 1 fully saturated rings. The Bertz CT molecular complexity index is 940. The van der Waals surface area contributed by atoms with Crippen LogP contribution in [0.5, 0.6) is 0 Å². The number of aromatic nitrogens is 3. The summed E-state index contributed by atoms with van der Waals surface area (Å²) in [6.45, 7) is 5.33. The van der Waals surface area contributed by atoms with Gasteiger partial charge in [-0.05, 0) is 56.5 Å². The van der Waals surface area contributed by atoms with Crippen LogP contribution in [0.25, 0.3) is 11.4 Å². The van der Waals surface area contributed by atoms with Crippen LogP contribution in [0.1, 0.15) is 26.8 Å². The van der Waals surface area contributed by atoms with Crippen LogP contribution < -0.4 is 10.2 Å². The highest BCUT2D eigenvalue weighted by molar-refractivity contribution is 5.75. The molecule has 0 saturated carbocycles. The highest BCUT2D eigenvalue weighted by atomic mass is 19.1. The Morgan fingerprint density at radius 3 is 2.62 bits per heavy atom. The van der Waals surface area contributed by atoms with Crippen molar-refractivity contribution in [3.8, 4) is 11.4 Å². The Kier molecular flexibility index (Phi) is 6.84. The van der Waals surface area contributed by atoms with Crippen molar-refractivity contribution in [1.29, 1.82) is 0 Å². The molecule has 152 valence electrons.